The van der Waals surface area contributed by atoms with Crippen molar-refractivity contribution in [2.24, 2.45) is 16.7 Å². The number of nitriles is 1. The molecule has 1 aromatic carbocycles. The summed E-state index contributed by atoms with van der Waals surface area (Å²) < 4.78 is 6.35. The van der Waals surface area contributed by atoms with E-state index in [4.69, 9.17) is 21.6 Å². The molecule has 0 radical (unpaired) electrons. The predicted molar refractivity (Wildman–Crippen MR) is 111 cm³/mol. The zero-order chi connectivity index (χ0) is 20.7. The second-order valence-electron chi connectivity index (χ2n) is 9.65. The zero-order valence-electron chi connectivity index (χ0n) is 17.5. The van der Waals surface area contributed by atoms with Crippen LogP contribution in [0.3, 0.4) is 0 Å². The van der Waals surface area contributed by atoms with Gasteiger partial charge in [0.25, 0.3) is 0 Å². The maximum atomic E-state index is 11.6. The molecule has 0 heterocycles. The lowest BCUT2D eigenvalue weighted by atomic mass is 9.49. The molecule has 1 N–H and O–H groups in total. The van der Waals surface area contributed by atoms with Crippen molar-refractivity contribution < 1.29 is 9.53 Å². The molecular formula is C23H31ClN2O2. The number of ketones is 1. The third-order valence-electron chi connectivity index (χ3n) is 6.86. The second kappa shape index (κ2) is 7.69. The largest absolute Gasteiger partial charge is 0.489 e. The molecule has 0 atom stereocenters. The van der Waals surface area contributed by atoms with Crippen LogP contribution in [0.1, 0.15) is 65.9 Å². The summed E-state index contributed by atoms with van der Waals surface area (Å²) in [5, 5.41) is 13.4. The molecule has 2 aliphatic rings. The Labute approximate surface area is 173 Å². The summed E-state index contributed by atoms with van der Waals surface area (Å²) in [5.41, 5.74) is 0.379. The summed E-state index contributed by atoms with van der Waals surface area (Å²) in [4.78, 5) is 11.6. The topological polar surface area (TPSA) is 62.1 Å². The molecule has 0 spiro atoms. The average molecular weight is 403 g/mol. The number of nitrogens with zero attached hydrogens (tertiary/aromatic N) is 1. The highest BCUT2D eigenvalue weighted by molar-refractivity contribution is 6.31. The van der Waals surface area contributed by atoms with Crippen molar-refractivity contribution in [3.8, 4) is 11.8 Å². The van der Waals surface area contributed by atoms with Gasteiger partial charge in [-0.25, -0.2) is 0 Å². The molecule has 3 rings (SSSR count). The minimum Gasteiger partial charge on any atom is -0.489 e. The Balaban J connectivity index is 1.66. The Morgan fingerprint density at radius 1 is 1.18 bits per heavy atom. The number of halogens is 1. The van der Waals surface area contributed by atoms with E-state index in [9.17, 15) is 4.79 Å². The number of ether oxygens (including phenoxy) is 1. The number of carbonyl (C=O) groups is 1. The van der Waals surface area contributed by atoms with Gasteiger partial charge in [-0.3, -0.25) is 4.79 Å². The predicted octanol–water partition coefficient (Wildman–Crippen LogP) is 5.13. The second-order valence-corrected chi connectivity index (χ2v) is 10.1. The third kappa shape index (κ3) is 3.80. The number of benzene rings is 1. The summed E-state index contributed by atoms with van der Waals surface area (Å²) in [6.45, 7) is 10.7. The van der Waals surface area contributed by atoms with Crippen molar-refractivity contribution in [2.75, 3.05) is 0 Å². The number of hydrogen-bond donors (Lipinski definition) is 1. The highest BCUT2D eigenvalue weighted by Crippen LogP contribution is 2.56. The van der Waals surface area contributed by atoms with Crippen molar-refractivity contribution >= 4 is 17.4 Å². The molecule has 0 bridgehead atoms. The van der Waals surface area contributed by atoms with Gasteiger partial charge in [0, 0.05) is 34.9 Å². The lowest BCUT2D eigenvalue weighted by Crippen LogP contribution is -2.75. The van der Waals surface area contributed by atoms with Gasteiger partial charge in [-0.05, 0) is 44.7 Å². The van der Waals surface area contributed by atoms with Crippen molar-refractivity contribution in [2.45, 2.75) is 78.5 Å². The monoisotopic (exact) mass is 402 g/mol. The van der Waals surface area contributed by atoms with Crippen molar-refractivity contribution in [1.82, 2.24) is 5.32 Å². The molecule has 152 valence electrons. The van der Waals surface area contributed by atoms with Gasteiger partial charge < -0.3 is 10.1 Å². The number of hydrogen-bond acceptors (Lipinski definition) is 4. The summed E-state index contributed by atoms with van der Waals surface area (Å²) in [7, 11) is 0. The zero-order valence-corrected chi connectivity index (χ0v) is 18.3. The number of Topliss-reactive ketones (excluding diaryl/α,β-unsaturated/α-hetero) is 1. The lowest BCUT2D eigenvalue weighted by Gasteiger charge is -2.64. The highest BCUT2D eigenvalue weighted by atomic mass is 35.5. The van der Waals surface area contributed by atoms with Crippen molar-refractivity contribution in [3.05, 3.63) is 28.8 Å². The third-order valence-corrected chi connectivity index (χ3v) is 7.17. The smallest absolute Gasteiger partial charge is 0.132 e. The van der Waals surface area contributed by atoms with Crippen LogP contribution in [0.5, 0.6) is 5.75 Å². The van der Waals surface area contributed by atoms with Gasteiger partial charge in [-0.15, -0.1) is 0 Å². The molecular weight excluding hydrogens is 372 g/mol. The highest BCUT2D eigenvalue weighted by Gasteiger charge is 2.63. The van der Waals surface area contributed by atoms with Gasteiger partial charge in [0.15, 0.2) is 0 Å². The Morgan fingerprint density at radius 2 is 1.79 bits per heavy atom. The molecule has 0 aromatic heterocycles. The summed E-state index contributed by atoms with van der Waals surface area (Å²) in [6.07, 6.45) is 4.14. The van der Waals surface area contributed by atoms with Crippen LogP contribution in [-0.2, 0) is 4.79 Å². The molecule has 0 unspecified atom stereocenters. The normalized spacial score (nSPS) is 30.8. The van der Waals surface area contributed by atoms with E-state index in [-0.39, 0.29) is 22.9 Å². The van der Waals surface area contributed by atoms with E-state index < -0.39 is 0 Å². The van der Waals surface area contributed by atoms with E-state index in [1.165, 1.54) is 0 Å². The first-order valence-electron chi connectivity index (χ1n) is 10.2. The fourth-order valence-electron chi connectivity index (χ4n) is 5.56. The molecule has 4 nitrogen and oxygen atoms in total. The molecule has 28 heavy (non-hydrogen) atoms. The van der Waals surface area contributed by atoms with E-state index in [1.54, 1.807) is 19.1 Å². The minimum absolute atomic E-state index is 0.0371. The standard InChI is InChI=1S/C23H31ClN2O2/c1-14(27)15-6-9-17(10-7-15)26-20-22(2,3)21(23(20,4)5)28-18-11-8-16(13-25)19(24)12-18/h8,11-12,15,17,20-21,26H,6-7,9-10H2,1-5H3/t15-,17-,20-,21-. The Hall–Kier alpha value is -1.57. The molecule has 2 saturated carbocycles. The van der Waals surface area contributed by atoms with Gasteiger partial charge in [0.1, 0.15) is 23.7 Å². The van der Waals surface area contributed by atoms with E-state index in [2.05, 4.69) is 39.1 Å². The van der Waals surface area contributed by atoms with Crippen LogP contribution in [-0.4, -0.2) is 24.0 Å². The first-order valence-corrected chi connectivity index (χ1v) is 10.6. The number of rotatable bonds is 5. The van der Waals surface area contributed by atoms with Gasteiger partial charge in [-0.2, -0.15) is 5.26 Å². The molecule has 0 aliphatic heterocycles. The van der Waals surface area contributed by atoms with Crippen LogP contribution in [0.4, 0.5) is 0 Å². The SMILES string of the molecule is CC(=O)[C@H]1CC[C@H](N[C@H]2C(C)(C)[C@H](Oc3ccc(C#N)c(Cl)c3)C2(C)C)CC1. The van der Waals surface area contributed by atoms with Crippen molar-refractivity contribution in [3.63, 3.8) is 0 Å². The van der Waals surface area contributed by atoms with E-state index in [1.807, 2.05) is 6.07 Å². The quantitative estimate of drug-likeness (QED) is 0.741. The Bertz CT molecular complexity index is 772. The first-order chi connectivity index (χ1) is 13.1. The van der Waals surface area contributed by atoms with Crippen LogP contribution in [0.2, 0.25) is 5.02 Å². The van der Waals surface area contributed by atoms with Crippen LogP contribution < -0.4 is 10.1 Å². The maximum Gasteiger partial charge on any atom is 0.132 e. The number of carbonyl (C=O) groups excluding carboxylic acids is 1. The Kier molecular flexibility index (Phi) is 5.81. The molecule has 5 heteroatoms. The Morgan fingerprint density at radius 3 is 2.29 bits per heavy atom. The van der Waals surface area contributed by atoms with E-state index in [0.717, 1.165) is 25.7 Å². The lowest BCUT2D eigenvalue weighted by molar-refractivity contribution is -0.172. The average Bonchev–Trinajstić information content (AvgIpc) is 2.64. The van der Waals surface area contributed by atoms with Gasteiger partial charge >= 0.3 is 0 Å². The molecule has 0 amide bonds. The van der Waals surface area contributed by atoms with Crippen LogP contribution in [0.15, 0.2) is 18.2 Å². The van der Waals surface area contributed by atoms with E-state index >= 15 is 0 Å². The molecule has 1 aromatic rings. The summed E-state index contributed by atoms with van der Waals surface area (Å²) in [6, 6.07) is 8.13. The van der Waals surface area contributed by atoms with Gasteiger partial charge in [0.05, 0.1) is 10.6 Å². The van der Waals surface area contributed by atoms with E-state index in [0.29, 0.717) is 34.2 Å². The molecule has 2 aliphatic carbocycles. The number of nitrogens with one attached hydrogen (secondary N) is 1. The minimum atomic E-state index is -0.0404. The summed E-state index contributed by atoms with van der Waals surface area (Å²) in [5.74, 6) is 1.28. The summed E-state index contributed by atoms with van der Waals surface area (Å²) >= 11 is 6.17. The van der Waals surface area contributed by atoms with Crippen LogP contribution >= 0.6 is 11.6 Å². The fourth-order valence-corrected chi connectivity index (χ4v) is 5.77. The van der Waals surface area contributed by atoms with Crippen molar-refractivity contribution in [1.29, 1.82) is 5.26 Å². The van der Waals surface area contributed by atoms with Crippen LogP contribution in [0.25, 0.3) is 0 Å². The molecule has 0 saturated heterocycles. The van der Waals surface area contributed by atoms with Crippen LogP contribution in [0, 0.1) is 28.1 Å². The van der Waals surface area contributed by atoms with Gasteiger partial charge in [-0.1, -0.05) is 39.3 Å². The molecule has 2 fully saturated rings. The maximum absolute atomic E-state index is 11.6. The van der Waals surface area contributed by atoms with Gasteiger partial charge in [0.2, 0.25) is 0 Å². The first kappa shape index (κ1) is 21.1. The fraction of sp³-hybridized carbons (Fsp3) is 0.652.